The molecule has 0 aliphatic heterocycles. The Morgan fingerprint density at radius 2 is 2.26 bits per heavy atom. The van der Waals surface area contributed by atoms with Crippen molar-refractivity contribution in [1.29, 1.82) is 5.26 Å². The number of carbonyl (C=O) groups is 1. The number of nitriles is 1. The number of benzene rings is 1. The maximum Gasteiger partial charge on any atom is 0.309 e. The van der Waals surface area contributed by atoms with E-state index in [4.69, 9.17) is 10.4 Å². The minimum atomic E-state index is -0.878. The molecule has 6 heteroatoms. The lowest BCUT2D eigenvalue weighted by atomic mass is 10.1. The average molecular weight is 290 g/mol. The van der Waals surface area contributed by atoms with Crippen molar-refractivity contribution in [2.45, 2.75) is 16.5 Å². The van der Waals surface area contributed by atoms with E-state index in [1.165, 1.54) is 23.1 Å². The second-order valence-corrected chi connectivity index (χ2v) is 5.81. The van der Waals surface area contributed by atoms with Crippen molar-refractivity contribution in [1.82, 2.24) is 4.98 Å². The second kappa shape index (κ2) is 6.36. The van der Waals surface area contributed by atoms with Crippen LogP contribution in [-0.2, 0) is 17.0 Å². The number of nitrogens with zero attached hydrogens (tertiary/aromatic N) is 2. The van der Waals surface area contributed by atoms with Gasteiger partial charge in [-0.15, -0.1) is 11.3 Å². The minimum absolute atomic E-state index is 0.0498. The van der Waals surface area contributed by atoms with E-state index >= 15 is 0 Å². The summed E-state index contributed by atoms with van der Waals surface area (Å²) in [5.74, 6) is -0.222. The fourth-order valence-electron chi connectivity index (χ4n) is 1.49. The van der Waals surface area contributed by atoms with Gasteiger partial charge in [-0.1, -0.05) is 30.0 Å². The van der Waals surface area contributed by atoms with Crippen molar-refractivity contribution in [2.24, 2.45) is 0 Å². The molecule has 1 aromatic heterocycles. The van der Waals surface area contributed by atoms with Crippen LogP contribution in [0.3, 0.4) is 0 Å². The van der Waals surface area contributed by atoms with Crippen molar-refractivity contribution < 1.29 is 9.90 Å². The number of aliphatic carboxylic acids is 1. The van der Waals surface area contributed by atoms with E-state index in [2.05, 4.69) is 11.1 Å². The van der Waals surface area contributed by atoms with Crippen LogP contribution in [0.25, 0.3) is 0 Å². The highest BCUT2D eigenvalue weighted by Gasteiger charge is 2.08. The maximum absolute atomic E-state index is 10.6. The Balaban J connectivity index is 2.01. The first kappa shape index (κ1) is 13.6. The van der Waals surface area contributed by atoms with Crippen LogP contribution >= 0.6 is 23.1 Å². The zero-order valence-electron chi connectivity index (χ0n) is 9.87. The molecule has 0 spiro atoms. The van der Waals surface area contributed by atoms with Gasteiger partial charge in [-0.05, 0) is 11.6 Å². The van der Waals surface area contributed by atoms with Crippen LogP contribution in [0.5, 0.6) is 0 Å². The molecule has 0 fully saturated rings. The number of carboxylic acid groups (broad SMARTS) is 1. The monoisotopic (exact) mass is 290 g/mol. The summed E-state index contributed by atoms with van der Waals surface area (Å²) < 4.78 is 0.823. The van der Waals surface area contributed by atoms with Gasteiger partial charge in [-0.2, -0.15) is 5.26 Å². The van der Waals surface area contributed by atoms with Crippen LogP contribution in [-0.4, -0.2) is 16.1 Å². The fourth-order valence-corrected chi connectivity index (χ4v) is 3.33. The standard InChI is InChI=1S/C13H10N2O2S2/c14-6-9-3-1-2-4-10(9)7-18-13-15-11(8-19-13)5-12(16)17/h1-4,8H,5,7H2,(H,16,17). The molecule has 0 bridgehead atoms. The van der Waals surface area contributed by atoms with E-state index in [0.29, 0.717) is 17.0 Å². The van der Waals surface area contributed by atoms with Crippen LogP contribution in [0.4, 0.5) is 0 Å². The van der Waals surface area contributed by atoms with Crippen molar-refractivity contribution in [3.8, 4) is 6.07 Å². The van der Waals surface area contributed by atoms with E-state index in [-0.39, 0.29) is 6.42 Å². The molecule has 0 atom stereocenters. The van der Waals surface area contributed by atoms with E-state index in [1.807, 2.05) is 18.2 Å². The molecule has 19 heavy (non-hydrogen) atoms. The predicted molar refractivity (Wildman–Crippen MR) is 74.2 cm³/mol. The minimum Gasteiger partial charge on any atom is -0.481 e. The SMILES string of the molecule is N#Cc1ccccc1CSc1nc(CC(=O)O)cs1. The first-order valence-corrected chi connectivity index (χ1v) is 7.32. The molecule has 0 aliphatic rings. The molecule has 0 amide bonds. The van der Waals surface area contributed by atoms with Gasteiger partial charge in [0.2, 0.25) is 0 Å². The third-order valence-corrected chi connectivity index (χ3v) is 4.47. The summed E-state index contributed by atoms with van der Waals surface area (Å²) >= 11 is 2.94. The Labute approximate surface area is 118 Å². The molecule has 2 rings (SSSR count). The van der Waals surface area contributed by atoms with Gasteiger partial charge in [0.05, 0.1) is 23.7 Å². The van der Waals surface area contributed by atoms with E-state index in [1.54, 1.807) is 11.4 Å². The molecular weight excluding hydrogens is 280 g/mol. The number of rotatable bonds is 5. The molecule has 1 N–H and O–H groups in total. The Hall–Kier alpha value is -1.84. The van der Waals surface area contributed by atoms with Gasteiger partial charge in [-0.3, -0.25) is 4.79 Å². The van der Waals surface area contributed by atoms with Crippen molar-refractivity contribution in [3.63, 3.8) is 0 Å². The molecule has 1 aromatic carbocycles. The van der Waals surface area contributed by atoms with Gasteiger partial charge in [0.1, 0.15) is 4.34 Å². The van der Waals surface area contributed by atoms with E-state index in [9.17, 15) is 4.79 Å². The topological polar surface area (TPSA) is 74.0 Å². The molecular formula is C13H10N2O2S2. The second-order valence-electron chi connectivity index (χ2n) is 3.73. The Morgan fingerprint density at radius 1 is 1.47 bits per heavy atom. The highest BCUT2D eigenvalue weighted by Crippen LogP contribution is 2.27. The number of aromatic nitrogens is 1. The normalized spacial score (nSPS) is 10.1. The van der Waals surface area contributed by atoms with Crippen molar-refractivity contribution in [3.05, 3.63) is 46.5 Å². The summed E-state index contributed by atoms with van der Waals surface area (Å²) in [6.07, 6.45) is -0.0498. The lowest BCUT2D eigenvalue weighted by Crippen LogP contribution is -1.99. The van der Waals surface area contributed by atoms with Gasteiger partial charge in [0.25, 0.3) is 0 Å². The van der Waals surface area contributed by atoms with Gasteiger partial charge < -0.3 is 5.11 Å². The van der Waals surface area contributed by atoms with E-state index < -0.39 is 5.97 Å². The summed E-state index contributed by atoms with van der Waals surface area (Å²) in [6, 6.07) is 9.59. The smallest absolute Gasteiger partial charge is 0.309 e. The lowest BCUT2D eigenvalue weighted by molar-refractivity contribution is -0.136. The van der Waals surface area contributed by atoms with Crippen LogP contribution in [0.1, 0.15) is 16.8 Å². The summed E-state index contributed by atoms with van der Waals surface area (Å²) in [5.41, 5.74) is 2.20. The highest BCUT2D eigenvalue weighted by molar-refractivity contribution is 8.00. The Bertz CT molecular complexity index is 632. The summed E-state index contributed by atoms with van der Waals surface area (Å²) in [4.78, 5) is 14.8. The Kier molecular flexibility index (Phi) is 4.55. The van der Waals surface area contributed by atoms with Gasteiger partial charge in [0.15, 0.2) is 0 Å². The third kappa shape index (κ3) is 3.81. The molecule has 0 saturated carbocycles. The number of thiazole rings is 1. The largest absolute Gasteiger partial charge is 0.481 e. The molecule has 96 valence electrons. The van der Waals surface area contributed by atoms with Gasteiger partial charge in [-0.25, -0.2) is 4.98 Å². The molecule has 0 saturated heterocycles. The predicted octanol–water partition coefficient (Wildman–Crippen LogP) is 2.93. The maximum atomic E-state index is 10.6. The molecule has 2 aromatic rings. The quantitative estimate of drug-likeness (QED) is 0.857. The Morgan fingerprint density at radius 3 is 3.00 bits per heavy atom. The van der Waals surface area contributed by atoms with Crippen molar-refractivity contribution >= 4 is 29.1 Å². The summed E-state index contributed by atoms with van der Waals surface area (Å²) in [5, 5.41) is 19.4. The van der Waals surface area contributed by atoms with E-state index in [0.717, 1.165) is 9.90 Å². The molecule has 0 unspecified atom stereocenters. The van der Waals surface area contributed by atoms with Gasteiger partial charge in [0, 0.05) is 11.1 Å². The fraction of sp³-hybridized carbons (Fsp3) is 0.154. The highest BCUT2D eigenvalue weighted by atomic mass is 32.2. The van der Waals surface area contributed by atoms with Crippen LogP contribution < -0.4 is 0 Å². The zero-order chi connectivity index (χ0) is 13.7. The molecule has 4 nitrogen and oxygen atoms in total. The first-order valence-electron chi connectivity index (χ1n) is 5.46. The number of carboxylic acids is 1. The van der Waals surface area contributed by atoms with Crippen LogP contribution in [0.15, 0.2) is 34.0 Å². The molecule has 1 heterocycles. The average Bonchev–Trinajstić information content (AvgIpc) is 2.83. The van der Waals surface area contributed by atoms with Gasteiger partial charge >= 0.3 is 5.97 Å². The lowest BCUT2D eigenvalue weighted by Gasteiger charge is -2.01. The number of thioether (sulfide) groups is 1. The van der Waals surface area contributed by atoms with Crippen LogP contribution in [0, 0.1) is 11.3 Å². The first-order chi connectivity index (χ1) is 9.19. The van der Waals surface area contributed by atoms with Crippen molar-refractivity contribution in [2.75, 3.05) is 0 Å². The summed E-state index contributed by atoms with van der Waals surface area (Å²) in [7, 11) is 0. The molecule has 0 radical (unpaired) electrons. The number of hydrogen-bond donors (Lipinski definition) is 1. The van der Waals surface area contributed by atoms with Crippen LogP contribution in [0.2, 0.25) is 0 Å². The zero-order valence-corrected chi connectivity index (χ0v) is 11.5. The summed E-state index contributed by atoms with van der Waals surface area (Å²) in [6.45, 7) is 0. The number of hydrogen-bond acceptors (Lipinski definition) is 5. The molecule has 0 aliphatic carbocycles. The third-order valence-electron chi connectivity index (χ3n) is 2.35.